The molecule has 0 aliphatic rings. The SMILES string of the molecule is COCCNC(=O)CCc1c(C)nn(-c2ccc(F)cc2)c1Oc1ccc(F)cc1. The monoisotopic (exact) mass is 415 g/mol. The Bertz CT molecular complexity index is 986. The van der Waals surface area contributed by atoms with Crippen LogP contribution >= 0.6 is 0 Å². The highest BCUT2D eigenvalue weighted by Crippen LogP contribution is 2.31. The smallest absolute Gasteiger partial charge is 0.226 e. The van der Waals surface area contributed by atoms with Gasteiger partial charge >= 0.3 is 0 Å². The summed E-state index contributed by atoms with van der Waals surface area (Å²) in [5.41, 5.74) is 2.03. The summed E-state index contributed by atoms with van der Waals surface area (Å²) in [5.74, 6) is -0.0373. The first-order chi connectivity index (χ1) is 14.5. The average Bonchev–Trinajstić information content (AvgIpc) is 3.04. The first-order valence-electron chi connectivity index (χ1n) is 9.51. The van der Waals surface area contributed by atoms with Gasteiger partial charge in [0.1, 0.15) is 17.4 Å². The molecule has 1 heterocycles. The summed E-state index contributed by atoms with van der Waals surface area (Å²) in [4.78, 5) is 12.1. The van der Waals surface area contributed by atoms with E-state index in [1.165, 1.54) is 36.4 Å². The van der Waals surface area contributed by atoms with Crippen molar-refractivity contribution in [2.45, 2.75) is 19.8 Å². The molecule has 0 spiro atoms. The predicted molar refractivity (Wildman–Crippen MR) is 108 cm³/mol. The number of nitrogens with one attached hydrogen (secondary N) is 1. The summed E-state index contributed by atoms with van der Waals surface area (Å²) in [6.07, 6.45) is 0.627. The normalized spacial score (nSPS) is 10.8. The number of carbonyl (C=O) groups excluding carboxylic acids is 1. The lowest BCUT2D eigenvalue weighted by molar-refractivity contribution is -0.121. The maximum absolute atomic E-state index is 13.4. The summed E-state index contributed by atoms with van der Waals surface area (Å²) in [6, 6.07) is 11.4. The fourth-order valence-electron chi connectivity index (χ4n) is 2.92. The molecule has 0 saturated heterocycles. The summed E-state index contributed by atoms with van der Waals surface area (Å²) >= 11 is 0. The van der Waals surface area contributed by atoms with Crippen molar-refractivity contribution in [1.29, 1.82) is 0 Å². The largest absolute Gasteiger partial charge is 0.439 e. The molecule has 0 atom stereocenters. The van der Waals surface area contributed by atoms with Gasteiger partial charge in [0.2, 0.25) is 11.8 Å². The van der Waals surface area contributed by atoms with Crippen LogP contribution in [0.4, 0.5) is 8.78 Å². The van der Waals surface area contributed by atoms with E-state index in [4.69, 9.17) is 9.47 Å². The third-order valence-electron chi connectivity index (χ3n) is 4.47. The number of nitrogens with zero attached hydrogens (tertiary/aromatic N) is 2. The highest BCUT2D eigenvalue weighted by Gasteiger charge is 2.20. The van der Waals surface area contributed by atoms with Gasteiger partial charge in [0.15, 0.2) is 0 Å². The van der Waals surface area contributed by atoms with Gasteiger partial charge in [-0.3, -0.25) is 4.79 Å². The number of amides is 1. The molecule has 2 aromatic carbocycles. The van der Waals surface area contributed by atoms with Crippen LogP contribution in [-0.4, -0.2) is 35.9 Å². The van der Waals surface area contributed by atoms with Crippen molar-refractivity contribution in [3.8, 4) is 17.3 Å². The molecule has 30 heavy (non-hydrogen) atoms. The van der Waals surface area contributed by atoms with E-state index in [2.05, 4.69) is 10.4 Å². The molecule has 0 radical (unpaired) electrons. The van der Waals surface area contributed by atoms with Crippen molar-refractivity contribution in [2.24, 2.45) is 0 Å². The molecule has 0 saturated carbocycles. The van der Waals surface area contributed by atoms with Crippen LogP contribution in [0.3, 0.4) is 0 Å². The molecule has 0 aliphatic heterocycles. The molecule has 0 bridgehead atoms. The predicted octanol–water partition coefficient (Wildman–Crippen LogP) is 3.95. The maximum atomic E-state index is 13.4. The van der Waals surface area contributed by atoms with Crippen LogP contribution in [0.1, 0.15) is 17.7 Å². The zero-order valence-corrected chi connectivity index (χ0v) is 16.8. The molecule has 0 fully saturated rings. The first kappa shape index (κ1) is 21.4. The van der Waals surface area contributed by atoms with Gasteiger partial charge in [0.25, 0.3) is 0 Å². The second-order valence-corrected chi connectivity index (χ2v) is 6.66. The van der Waals surface area contributed by atoms with E-state index in [-0.39, 0.29) is 24.0 Å². The number of benzene rings is 2. The lowest BCUT2D eigenvalue weighted by Gasteiger charge is -2.12. The number of halogens is 2. The molecule has 1 N–H and O–H groups in total. The molecule has 8 heteroatoms. The quantitative estimate of drug-likeness (QED) is 0.538. The minimum absolute atomic E-state index is 0.117. The number of hydrogen-bond donors (Lipinski definition) is 1. The minimum Gasteiger partial charge on any atom is -0.439 e. The van der Waals surface area contributed by atoms with Crippen LogP contribution in [0.15, 0.2) is 48.5 Å². The Morgan fingerprint density at radius 2 is 1.70 bits per heavy atom. The van der Waals surface area contributed by atoms with Crippen molar-refractivity contribution in [2.75, 3.05) is 20.3 Å². The minimum atomic E-state index is -0.376. The zero-order chi connectivity index (χ0) is 21.5. The second kappa shape index (κ2) is 9.98. The van der Waals surface area contributed by atoms with Crippen molar-refractivity contribution >= 4 is 5.91 Å². The van der Waals surface area contributed by atoms with Crippen LogP contribution in [-0.2, 0) is 16.0 Å². The zero-order valence-electron chi connectivity index (χ0n) is 16.8. The molecule has 1 aromatic heterocycles. The van der Waals surface area contributed by atoms with Gasteiger partial charge in [-0.25, -0.2) is 13.5 Å². The third kappa shape index (κ3) is 5.42. The maximum Gasteiger partial charge on any atom is 0.226 e. The Kier molecular flexibility index (Phi) is 7.13. The van der Waals surface area contributed by atoms with Gasteiger partial charge in [0, 0.05) is 25.6 Å². The fourth-order valence-corrected chi connectivity index (χ4v) is 2.92. The number of aryl methyl sites for hydroxylation is 1. The second-order valence-electron chi connectivity index (χ2n) is 6.66. The van der Waals surface area contributed by atoms with Gasteiger partial charge in [-0.15, -0.1) is 0 Å². The van der Waals surface area contributed by atoms with Gasteiger partial charge in [-0.1, -0.05) is 0 Å². The van der Waals surface area contributed by atoms with Crippen LogP contribution in [0.2, 0.25) is 0 Å². The molecular weight excluding hydrogens is 392 g/mol. The van der Waals surface area contributed by atoms with Crippen LogP contribution in [0.5, 0.6) is 11.6 Å². The van der Waals surface area contributed by atoms with E-state index >= 15 is 0 Å². The summed E-state index contributed by atoms with van der Waals surface area (Å²) in [7, 11) is 1.57. The highest BCUT2D eigenvalue weighted by atomic mass is 19.1. The molecule has 0 unspecified atom stereocenters. The molecule has 3 rings (SSSR count). The number of aromatic nitrogens is 2. The van der Waals surface area contributed by atoms with E-state index in [1.807, 2.05) is 6.92 Å². The number of ether oxygens (including phenoxy) is 2. The van der Waals surface area contributed by atoms with Gasteiger partial charge < -0.3 is 14.8 Å². The third-order valence-corrected chi connectivity index (χ3v) is 4.47. The summed E-state index contributed by atoms with van der Waals surface area (Å²) in [6.45, 7) is 2.68. The molecular formula is C22H23F2N3O3. The lowest BCUT2D eigenvalue weighted by atomic mass is 10.1. The van der Waals surface area contributed by atoms with Crippen molar-refractivity contribution in [3.63, 3.8) is 0 Å². The van der Waals surface area contributed by atoms with E-state index in [0.717, 1.165) is 5.56 Å². The average molecular weight is 415 g/mol. The number of hydrogen-bond acceptors (Lipinski definition) is 4. The van der Waals surface area contributed by atoms with Crippen molar-refractivity contribution < 1.29 is 23.0 Å². The topological polar surface area (TPSA) is 65.4 Å². The lowest BCUT2D eigenvalue weighted by Crippen LogP contribution is -2.27. The van der Waals surface area contributed by atoms with Crippen LogP contribution in [0, 0.1) is 18.6 Å². The molecule has 0 aliphatic carbocycles. The van der Waals surface area contributed by atoms with E-state index in [0.29, 0.717) is 42.6 Å². The van der Waals surface area contributed by atoms with Crippen LogP contribution in [0.25, 0.3) is 5.69 Å². The van der Waals surface area contributed by atoms with Gasteiger partial charge in [-0.2, -0.15) is 5.10 Å². The summed E-state index contributed by atoms with van der Waals surface area (Å²) in [5, 5.41) is 7.30. The fraction of sp³-hybridized carbons (Fsp3) is 0.273. The molecule has 1 amide bonds. The van der Waals surface area contributed by atoms with Gasteiger partial charge in [-0.05, 0) is 61.9 Å². The Balaban J connectivity index is 1.89. The standard InChI is InChI=1S/C22H23F2N3O3/c1-15-20(11-12-21(28)25-13-14-29-2)22(30-19-9-5-17(24)6-10-19)27(26-15)18-7-3-16(23)4-8-18/h3-10H,11-14H2,1-2H3,(H,25,28). The number of carbonyl (C=O) groups is 1. The van der Waals surface area contributed by atoms with E-state index in [9.17, 15) is 13.6 Å². The Labute approximate surface area is 173 Å². The van der Waals surface area contributed by atoms with E-state index < -0.39 is 0 Å². The highest BCUT2D eigenvalue weighted by molar-refractivity contribution is 5.76. The van der Waals surface area contributed by atoms with Gasteiger partial charge in [0.05, 0.1) is 18.0 Å². The Hall–Kier alpha value is -3.26. The van der Waals surface area contributed by atoms with Crippen molar-refractivity contribution in [1.82, 2.24) is 15.1 Å². The van der Waals surface area contributed by atoms with Crippen molar-refractivity contribution in [3.05, 3.63) is 71.4 Å². The Morgan fingerprint density at radius 3 is 2.33 bits per heavy atom. The first-order valence-corrected chi connectivity index (χ1v) is 9.51. The molecule has 158 valence electrons. The number of methoxy groups -OCH3 is 1. The summed E-state index contributed by atoms with van der Waals surface area (Å²) < 4.78 is 39.1. The molecule has 3 aromatic rings. The number of rotatable bonds is 9. The van der Waals surface area contributed by atoms with E-state index in [1.54, 1.807) is 23.9 Å². The molecule has 6 nitrogen and oxygen atoms in total. The Morgan fingerprint density at radius 1 is 1.07 bits per heavy atom. The van der Waals surface area contributed by atoms with Crippen LogP contribution < -0.4 is 10.1 Å².